The minimum atomic E-state index is -0.118. The zero-order valence-electron chi connectivity index (χ0n) is 16.0. The van der Waals surface area contributed by atoms with E-state index < -0.39 is 0 Å². The number of nitrogens with zero attached hydrogens (tertiary/aromatic N) is 6. The van der Waals surface area contributed by atoms with Crippen LogP contribution in [-0.4, -0.2) is 63.4 Å². The quantitative estimate of drug-likeness (QED) is 0.698. The SMILES string of the molecule is Cn1nnnc1N1CCC(NC(=O)c2cnc3cc4c(cc3c2)OCCO4)CC1. The summed E-state index contributed by atoms with van der Waals surface area (Å²) < 4.78 is 12.9. The van der Waals surface area contributed by atoms with E-state index in [4.69, 9.17) is 9.47 Å². The van der Waals surface area contributed by atoms with Crippen molar-refractivity contribution in [1.82, 2.24) is 30.5 Å². The van der Waals surface area contributed by atoms with Crippen LogP contribution in [0.2, 0.25) is 0 Å². The third-order valence-electron chi connectivity index (χ3n) is 5.32. The van der Waals surface area contributed by atoms with Gasteiger partial charge in [-0.05, 0) is 35.4 Å². The summed E-state index contributed by atoms with van der Waals surface area (Å²) in [5, 5.41) is 15.6. The Morgan fingerprint density at radius 2 is 1.90 bits per heavy atom. The maximum absolute atomic E-state index is 12.8. The van der Waals surface area contributed by atoms with Gasteiger partial charge >= 0.3 is 0 Å². The Labute approximate surface area is 166 Å². The van der Waals surface area contributed by atoms with Crippen molar-refractivity contribution in [2.45, 2.75) is 18.9 Å². The van der Waals surface area contributed by atoms with Gasteiger partial charge in [-0.2, -0.15) is 0 Å². The van der Waals surface area contributed by atoms with Crippen molar-refractivity contribution in [3.63, 3.8) is 0 Å². The molecule has 5 rings (SSSR count). The summed E-state index contributed by atoms with van der Waals surface area (Å²) in [6.07, 6.45) is 3.27. The molecule has 1 amide bonds. The predicted molar refractivity (Wildman–Crippen MR) is 104 cm³/mol. The van der Waals surface area contributed by atoms with Crippen LogP contribution in [0.5, 0.6) is 11.5 Å². The van der Waals surface area contributed by atoms with Crippen molar-refractivity contribution in [1.29, 1.82) is 0 Å². The van der Waals surface area contributed by atoms with Crippen molar-refractivity contribution in [3.8, 4) is 11.5 Å². The van der Waals surface area contributed by atoms with Crippen molar-refractivity contribution < 1.29 is 14.3 Å². The number of hydrogen-bond acceptors (Lipinski definition) is 8. The molecule has 0 spiro atoms. The molecule has 0 saturated carbocycles. The van der Waals surface area contributed by atoms with Crippen LogP contribution in [0.4, 0.5) is 5.95 Å². The van der Waals surface area contributed by atoms with E-state index in [9.17, 15) is 4.79 Å². The third kappa shape index (κ3) is 3.41. The number of amides is 1. The average Bonchev–Trinajstić information content (AvgIpc) is 3.18. The van der Waals surface area contributed by atoms with E-state index in [0.717, 1.165) is 42.8 Å². The molecule has 1 aromatic carbocycles. The number of nitrogens with one attached hydrogen (secondary N) is 1. The summed E-state index contributed by atoms with van der Waals surface area (Å²) in [5.74, 6) is 2.02. The number of carbonyl (C=O) groups excluding carboxylic acids is 1. The lowest BCUT2D eigenvalue weighted by Crippen LogP contribution is -2.45. The van der Waals surface area contributed by atoms with Gasteiger partial charge in [0.15, 0.2) is 11.5 Å². The maximum atomic E-state index is 12.8. The van der Waals surface area contributed by atoms with Crippen LogP contribution in [0.15, 0.2) is 24.4 Å². The molecule has 0 bridgehead atoms. The number of ether oxygens (including phenoxy) is 2. The van der Waals surface area contributed by atoms with Gasteiger partial charge in [-0.3, -0.25) is 9.78 Å². The summed E-state index contributed by atoms with van der Waals surface area (Å²) in [4.78, 5) is 19.3. The third-order valence-corrected chi connectivity index (χ3v) is 5.32. The van der Waals surface area contributed by atoms with Gasteiger partial charge in [-0.15, -0.1) is 0 Å². The fraction of sp³-hybridized carbons (Fsp3) is 0.421. The first kappa shape index (κ1) is 17.7. The molecule has 29 heavy (non-hydrogen) atoms. The van der Waals surface area contributed by atoms with Crippen molar-refractivity contribution in [2.75, 3.05) is 31.2 Å². The van der Waals surface area contributed by atoms with Gasteiger partial charge in [0, 0.05) is 43.8 Å². The molecule has 10 nitrogen and oxygen atoms in total. The van der Waals surface area contributed by atoms with Gasteiger partial charge in [-0.25, -0.2) is 4.68 Å². The Hall–Kier alpha value is -3.43. The number of aromatic nitrogens is 5. The van der Waals surface area contributed by atoms with E-state index in [0.29, 0.717) is 30.3 Å². The van der Waals surface area contributed by atoms with Crippen molar-refractivity contribution in [3.05, 3.63) is 30.0 Å². The van der Waals surface area contributed by atoms with E-state index in [1.54, 1.807) is 10.9 Å². The van der Waals surface area contributed by atoms with E-state index >= 15 is 0 Å². The minimum Gasteiger partial charge on any atom is -0.486 e. The van der Waals surface area contributed by atoms with Crippen LogP contribution < -0.4 is 19.7 Å². The molecular weight excluding hydrogens is 374 g/mol. The summed E-state index contributed by atoms with van der Waals surface area (Å²) in [7, 11) is 1.82. The molecule has 3 aromatic rings. The van der Waals surface area contributed by atoms with E-state index in [-0.39, 0.29) is 11.9 Å². The highest BCUT2D eigenvalue weighted by Gasteiger charge is 2.24. The van der Waals surface area contributed by atoms with E-state index in [1.165, 1.54) is 0 Å². The number of anilines is 1. The molecular formula is C19H21N7O3. The molecule has 2 aromatic heterocycles. The maximum Gasteiger partial charge on any atom is 0.253 e. The molecule has 2 aliphatic rings. The van der Waals surface area contributed by atoms with Gasteiger partial charge in [0.2, 0.25) is 5.95 Å². The lowest BCUT2D eigenvalue weighted by atomic mass is 10.0. The topological polar surface area (TPSA) is 107 Å². The second kappa shape index (κ2) is 7.19. The summed E-state index contributed by atoms with van der Waals surface area (Å²) in [5.41, 5.74) is 1.31. The number of piperidine rings is 1. The van der Waals surface area contributed by atoms with E-state index in [2.05, 4.69) is 30.7 Å². The number of tetrazole rings is 1. The first-order chi connectivity index (χ1) is 14.2. The Kier molecular flexibility index (Phi) is 4.38. The molecule has 10 heteroatoms. The number of pyridine rings is 1. The standard InChI is InChI=1S/C19H21N7O3/c1-25-19(22-23-24-25)26-4-2-14(3-5-26)21-18(27)13-8-12-9-16-17(29-7-6-28-16)10-15(12)20-11-13/h8-11,14H,2-7H2,1H3,(H,21,27). The number of carbonyl (C=O) groups is 1. The molecule has 0 radical (unpaired) electrons. The highest BCUT2D eigenvalue weighted by molar-refractivity contribution is 5.98. The molecule has 1 N–H and O–H groups in total. The number of rotatable bonds is 3. The van der Waals surface area contributed by atoms with Gasteiger partial charge in [0.25, 0.3) is 5.91 Å². The zero-order chi connectivity index (χ0) is 19.8. The van der Waals surface area contributed by atoms with Crippen LogP contribution in [0.1, 0.15) is 23.2 Å². The van der Waals surface area contributed by atoms with Gasteiger partial charge in [0.05, 0.1) is 11.1 Å². The second-order valence-electron chi connectivity index (χ2n) is 7.25. The highest BCUT2D eigenvalue weighted by atomic mass is 16.6. The molecule has 4 heterocycles. The summed E-state index contributed by atoms with van der Waals surface area (Å²) in [6.45, 7) is 2.64. The fourth-order valence-electron chi connectivity index (χ4n) is 3.77. The number of benzene rings is 1. The predicted octanol–water partition coefficient (Wildman–Crippen LogP) is 0.928. The Morgan fingerprint density at radius 3 is 2.62 bits per heavy atom. The van der Waals surface area contributed by atoms with Crippen LogP contribution >= 0.6 is 0 Å². The average molecular weight is 395 g/mol. The van der Waals surface area contributed by atoms with Crippen LogP contribution in [0.3, 0.4) is 0 Å². The van der Waals surface area contributed by atoms with Crippen LogP contribution in [0.25, 0.3) is 10.9 Å². The van der Waals surface area contributed by atoms with Crippen molar-refractivity contribution in [2.24, 2.45) is 7.05 Å². The van der Waals surface area contributed by atoms with Crippen LogP contribution in [-0.2, 0) is 7.05 Å². The molecule has 0 atom stereocenters. The van der Waals surface area contributed by atoms with Gasteiger partial charge in [-0.1, -0.05) is 5.10 Å². The summed E-state index contributed by atoms with van der Waals surface area (Å²) >= 11 is 0. The van der Waals surface area contributed by atoms with Crippen LogP contribution in [0, 0.1) is 0 Å². The molecule has 1 fully saturated rings. The monoisotopic (exact) mass is 395 g/mol. The number of hydrogen-bond donors (Lipinski definition) is 1. The minimum absolute atomic E-state index is 0.107. The van der Waals surface area contributed by atoms with Gasteiger partial charge < -0.3 is 19.7 Å². The highest BCUT2D eigenvalue weighted by Crippen LogP contribution is 2.34. The zero-order valence-corrected chi connectivity index (χ0v) is 16.0. The van der Waals surface area contributed by atoms with Gasteiger partial charge in [0.1, 0.15) is 13.2 Å². The Bertz CT molecular complexity index is 1060. The Balaban J connectivity index is 1.26. The lowest BCUT2D eigenvalue weighted by molar-refractivity contribution is 0.0931. The number of fused-ring (bicyclic) bond motifs is 2. The Morgan fingerprint density at radius 1 is 1.14 bits per heavy atom. The molecule has 150 valence electrons. The second-order valence-corrected chi connectivity index (χ2v) is 7.25. The molecule has 1 saturated heterocycles. The number of aryl methyl sites for hydroxylation is 1. The first-order valence-corrected chi connectivity index (χ1v) is 9.65. The first-order valence-electron chi connectivity index (χ1n) is 9.65. The normalized spacial score (nSPS) is 16.8. The molecule has 0 unspecified atom stereocenters. The van der Waals surface area contributed by atoms with Crippen molar-refractivity contribution >= 4 is 22.8 Å². The lowest BCUT2D eigenvalue weighted by Gasteiger charge is -2.32. The largest absolute Gasteiger partial charge is 0.486 e. The fourth-order valence-corrected chi connectivity index (χ4v) is 3.77. The molecule has 2 aliphatic heterocycles. The van der Waals surface area contributed by atoms with E-state index in [1.807, 2.05) is 25.2 Å². The molecule has 0 aliphatic carbocycles. The summed E-state index contributed by atoms with van der Waals surface area (Å²) in [6, 6.07) is 5.68. The smallest absolute Gasteiger partial charge is 0.253 e.